The van der Waals surface area contributed by atoms with Gasteiger partial charge in [-0.3, -0.25) is 9.36 Å². The average molecular weight is 413 g/mol. The normalized spacial score (nSPS) is 10.8. The Morgan fingerprint density at radius 3 is 2.69 bits per heavy atom. The van der Waals surface area contributed by atoms with Gasteiger partial charge in [0.25, 0.3) is 0 Å². The summed E-state index contributed by atoms with van der Waals surface area (Å²) in [5.74, 6) is -0.0407. The molecule has 0 saturated carbocycles. The van der Waals surface area contributed by atoms with Gasteiger partial charge in [-0.25, -0.2) is 4.39 Å². The number of nitrogens with zero attached hydrogens (tertiary/aromatic N) is 4. The Bertz CT molecular complexity index is 948. The summed E-state index contributed by atoms with van der Waals surface area (Å²) >= 11 is 17.5. The van der Waals surface area contributed by atoms with Crippen LogP contribution in [0.4, 0.5) is 15.9 Å². The van der Waals surface area contributed by atoms with Crippen molar-refractivity contribution in [3.63, 3.8) is 0 Å². The molecule has 2 aromatic heterocycles. The van der Waals surface area contributed by atoms with Crippen LogP contribution in [0, 0.1) is 12.7 Å². The number of rotatable bonds is 4. The highest BCUT2D eigenvalue weighted by Gasteiger charge is 2.13. The largest absolute Gasteiger partial charge is 0.330 e. The third-order valence-electron chi connectivity index (χ3n) is 3.81. The van der Waals surface area contributed by atoms with Crippen molar-refractivity contribution in [2.45, 2.75) is 13.5 Å². The molecule has 0 radical (unpaired) electrons. The molecule has 0 unspecified atom stereocenters. The number of nitrogens with one attached hydrogen (secondary N) is 2. The first-order valence-corrected chi connectivity index (χ1v) is 8.74. The van der Waals surface area contributed by atoms with Gasteiger partial charge in [0.05, 0.1) is 24.1 Å². The molecule has 0 saturated heterocycles. The van der Waals surface area contributed by atoms with Gasteiger partial charge in [-0.2, -0.15) is 10.2 Å². The quantitative estimate of drug-likeness (QED) is 0.627. The first-order chi connectivity index (χ1) is 12.3. The lowest BCUT2D eigenvalue weighted by Crippen LogP contribution is -2.20. The predicted molar refractivity (Wildman–Crippen MR) is 106 cm³/mol. The zero-order valence-corrected chi connectivity index (χ0v) is 16.3. The van der Waals surface area contributed by atoms with Crippen LogP contribution in [0.15, 0.2) is 30.6 Å². The van der Waals surface area contributed by atoms with Gasteiger partial charge in [0.2, 0.25) is 0 Å². The van der Waals surface area contributed by atoms with Gasteiger partial charge >= 0.3 is 0 Å². The molecule has 0 aliphatic rings. The molecule has 0 bridgehead atoms. The maximum absolute atomic E-state index is 13.9. The van der Waals surface area contributed by atoms with E-state index in [2.05, 4.69) is 20.8 Å². The number of hydrogen-bond donors (Lipinski definition) is 2. The number of aromatic nitrogens is 4. The number of aryl methyl sites for hydroxylation is 1. The topological polar surface area (TPSA) is 59.7 Å². The van der Waals surface area contributed by atoms with Gasteiger partial charge in [0.15, 0.2) is 10.9 Å². The maximum Gasteiger partial charge on any atom is 0.176 e. The van der Waals surface area contributed by atoms with Gasteiger partial charge < -0.3 is 10.6 Å². The van der Waals surface area contributed by atoms with Crippen LogP contribution in [0.2, 0.25) is 10.0 Å². The van der Waals surface area contributed by atoms with E-state index in [9.17, 15) is 4.39 Å². The van der Waals surface area contributed by atoms with Crippen molar-refractivity contribution < 1.29 is 4.39 Å². The van der Waals surface area contributed by atoms with Crippen molar-refractivity contribution in [3.8, 4) is 0 Å². The summed E-state index contributed by atoms with van der Waals surface area (Å²) in [6, 6.07) is 4.52. The van der Waals surface area contributed by atoms with E-state index in [0.29, 0.717) is 26.5 Å². The third-order valence-corrected chi connectivity index (χ3v) is 4.65. The van der Waals surface area contributed by atoms with Crippen LogP contribution >= 0.6 is 35.4 Å². The van der Waals surface area contributed by atoms with Crippen LogP contribution in [0.1, 0.15) is 11.3 Å². The highest BCUT2D eigenvalue weighted by molar-refractivity contribution is 7.80. The van der Waals surface area contributed by atoms with Crippen LogP contribution in [0.25, 0.3) is 0 Å². The monoisotopic (exact) mass is 412 g/mol. The van der Waals surface area contributed by atoms with E-state index >= 15 is 0 Å². The Balaban J connectivity index is 1.72. The van der Waals surface area contributed by atoms with Gasteiger partial charge in [-0.15, -0.1) is 0 Å². The van der Waals surface area contributed by atoms with Crippen molar-refractivity contribution in [1.82, 2.24) is 19.6 Å². The molecule has 0 aliphatic carbocycles. The van der Waals surface area contributed by atoms with Crippen LogP contribution < -0.4 is 10.6 Å². The average Bonchev–Trinajstić information content (AvgIpc) is 3.08. The number of thiocarbonyl (C=S) groups is 1. The summed E-state index contributed by atoms with van der Waals surface area (Å²) in [6.45, 7) is 2.06. The highest BCUT2D eigenvalue weighted by atomic mass is 35.5. The Hall–Kier alpha value is -2.16. The molecule has 10 heteroatoms. The minimum Gasteiger partial charge on any atom is -0.330 e. The molecule has 0 aliphatic heterocycles. The lowest BCUT2D eigenvalue weighted by molar-refractivity contribution is 0.586. The van der Waals surface area contributed by atoms with Crippen molar-refractivity contribution >= 4 is 52.0 Å². The molecule has 2 heterocycles. The van der Waals surface area contributed by atoms with Gasteiger partial charge in [0, 0.05) is 23.8 Å². The van der Waals surface area contributed by atoms with Gasteiger partial charge in [-0.1, -0.05) is 29.3 Å². The Morgan fingerprint density at radius 1 is 1.27 bits per heavy atom. The summed E-state index contributed by atoms with van der Waals surface area (Å²) in [5.41, 5.74) is 2.05. The predicted octanol–water partition coefficient (Wildman–Crippen LogP) is 4.23. The molecule has 0 spiro atoms. The maximum atomic E-state index is 13.9. The summed E-state index contributed by atoms with van der Waals surface area (Å²) in [5, 5.41) is 15.4. The molecule has 6 nitrogen and oxygen atoms in total. The molecule has 0 fully saturated rings. The fourth-order valence-electron chi connectivity index (χ4n) is 2.29. The standard InChI is InChI=1S/C16H15Cl2FN6S/c1-9-14(6-20-24(9)2)21-16(26)22-15-12(18)8-25(23-15)7-10-11(17)4-3-5-13(10)19/h3-6,8H,7H2,1-2H3,(H2,21,22,23,26). The summed E-state index contributed by atoms with van der Waals surface area (Å²) < 4.78 is 17.1. The van der Waals surface area contributed by atoms with E-state index in [1.807, 2.05) is 14.0 Å². The van der Waals surface area contributed by atoms with E-state index in [4.69, 9.17) is 35.4 Å². The Kier molecular flexibility index (Phi) is 5.45. The molecule has 3 rings (SSSR count). The van der Waals surface area contributed by atoms with E-state index in [-0.39, 0.29) is 6.54 Å². The number of hydrogen-bond acceptors (Lipinski definition) is 3. The molecular formula is C16H15Cl2FN6S. The summed E-state index contributed by atoms with van der Waals surface area (Å²) in [4.78, 5) is 0. The van der Waals surface area contributed by atoms with Crippen molar-refractivity contribution in [1.29, 1.82) is 0 Å². The van der Waals surface area contributed by atoms with E-state index in [1.54, 1.807) is 29.2 Å². The molecule has 136 valence electrons. The van der Waals surface area contributed by atoms with E-state index in [1.165, 1.54) is 10.7 Å². The lowest BCUT2D eigenvalue weighted by Gasteiger charge is -2.08. The zero-order valence-electron chi connectivity index (χ0n) is 13.9. The van der Waals surface area contributed by atoms with Crippen LogP contribution in [0.5, 0.6) is 0 Å². The minimum atomic E-state index is -0.400. The van der Waals surface area contributed by atoms with Crippen LogP contribution in [-0.4, -0.2) is 24.7 Å². The van der Waals surface area contributed by atoms with Crippen molar-refractivity contribution in [2.75, 3.05) is 10.6 Å². The molecule has 0 atom stereocenters. The highest BCUT2D eigenvalue weighted by Crippen LogP contribution is 2.24. The second kappa shape index (κ2) is 7.61. The molecule has 0 amide bonds. The number of benzene rings is 1. The summed E-state index contributed by atoms with van der Waals surface area (Å²) in [7, 11) is 1.84. The van der Waals surface area contributed by atoms with Crippen LogP contribution in [-0.2, 0) is 13.6 Å². The zero-order chi connectivity index (χ0) is 18.8. The lowest BCUT2D eigenvalue weighted by atomic mass is 10.2. The minimum absolute atomic E-state index is 0.148. The Morgan fingerprint density at radius 2 is 2.04 bits per heavy atom. The van der Waals surface area contributed by atoms with Gasteiger partial charge in [-0.05, 0) is 31.3 Å². The number of halogens is 3. The third kappa shape index (κ3) is 3.98. The second-order valence-corrected chi connectivity index (χ2v) is 6.79. The summed E-state index contributed by atoms with van der Waals surface area (Å²) in [6.07, 6.45) is 3.24. The fourth-order valence-corrected chi connectivity index (χ4v) is 2.92. The van der Waals surface area contributed by atoms with Gasteiger partial charge in [0.1, 0.15) is 10.8 Å². The molecule has 2 N–H and O–H groups in total. The first kappa shape index (κ1) is 18.6. The molecule has 1 aromatic carbocycles. The molecule has 3 aromatic rings. The second-order valence-electron chi connectivity index (χ2n) is 5.57. The van der Waals surface area contributed by atoms with Crippen LogP contribution in [0.3, 0.4) is 0 Å². The Labute approximate surface area is 164 Å². The van der Waals surface area contributed by atoms with E-state index < -0.39 is 5.82 Å². The molecule has 26 heavy (non-hydrogen) atoms. The van der Waals surface area contributed by atoms with E-state index in [0.717, 1.165) is 11.4 Å². The number of anilines is 2. The van der Waals surface area contributed by atoms with Crippen molar-refractivity contribution in [3.05, 3.63) is 57.7 Å². The fraction of sp³-hybridized carbons (Fsp3) is 0.188. The smallest absolute Gasteiger partial charge is 0.176 e. The first-order valence-electron chi connectivity index (χ1n) is 7.57. The SMILES string of the molecule is Cc1c(NC(=S)Nc2nn(Cc3c(F)cccc3Cl)cc2Cl)cnn1C. The van der Waals surface area contributed by atoms with Crippen molar-refractivity contribution in [2.24, 2.45) is 7.05 Å². The molecular weight excluding hydrogens is 398 g/mol.